The maximum Gasteiger partial charge on any atom is 0.144 e. The summed E-state index contributed by atoms with van der Waals surface area (Å²) < 4.78 is 0. The molecule has 0 saturated heterocycles. The van der Waals surface area contributed by atoms with Gasteiger partial charge in [0.25, 0.3) is 0 Å². The molecule has 0 spiro atoms. The fourth-order valence-corrected chi connectivity index (χ4v) is 0.860. The maximum absolute atomic E-state index is 10.0. The van der Waals surface area contributed by atoms with Crippen LogP contribution >= 0.6 is 11.6 Å². The fraction of sp³-hybridized carbons (Fsp3) is 0. The van der Waals surface area contributed by atoms with E-state index in [2.05, 4.69) is 6.07 Å². The van der Waals surface area contributed by atoms with E-state index in [4.69, 9.17) is 11.6 Å². The van der Waals surface area contributed by atoms with E-state index < -0.39 is 0 Å². The van der Waals surface area contributed by atoms with E-state index in [0.717, 1.165) is 5.56 Å². The number of benzene rings is 1. The van der Waals surface area contributed by atoms with Crippen LogP contribution in [0.25, 0.3) is 5.03 Å². The van der Waals surface area contributed by atoms with Gasteiger partial charge in [-0.2, -0.15) is 0 Å². The summed E-state index contributed by atoms with van der Waals surface area (Å²) in [6, 6.07) is 10.1. The Morgan fingerprint density at radius 3 is 2.91 bits per heavy atom. The molecule has 0 atom stereocenters. The zero-order valence-electron chi connectivity index (χ0n) is 5.75. The van der Waals surface area contributed by atoms with Gasteiger partial charge in [0, 0.05) is 5.56 Å². The molecule has 0 aliphatic carbocycles. The van der Waals surface area contributed by atoms with Gasteiger partial charge < -0.3 is 0 Å². The first-order valence-corrected chi connectivity index (χ1v) is 3.50. The van der Waals surface area contributed by atoms with Gasteiger partial charge in [-0.3, -0.25) is 4.79 Å². The van der Waals surface area contributed by atoms with E-state index in [9.17, 15) is 4.79 Å². The third-order valence-corrected chi connectivity index (χ3v) is 1.51. The minimum absolute atomic E-state index is 0.417. The molecule has 0 N–H and O–H groups in total. The second-order valence-corrected chi connectivity index (χ2v) is 2.33. The molecule has 0 aliphatic rings. The van der Waals surface area contributed by atoms with Crippen LogP contribution < -0.4 is 0 Å². The number of halogens is 1. The van der Waals surface area contributed by atoms with Crippen molar-refractivity contribution in [3.05, 3.63) is 42.0 Å². The van der Waals surface area contributed by atoms with Crippen LogP contribution in [0.5, 0.6) is 0 Å². The lowest BCUT2D eigenvalue weighted by Crippen LogP contribution is -1.75. The third kappa shape index (κ3) is 2.20. The molecule has 0 heterocycles. The second kappa shape index (κ2) is 3.94. The molecule has 0 saturated carbocycles. The zero-order valence-corrected chi connectivity index (χ0v) is 6.51. The Balaban J connectivity index is 2.94. The van der Waals surface area contributed by atoms with Crippen LogP contribution in [0.1, 0.15) is 5.56 Å². The lowest BCUT2D eigenvalue weighted by atomic mass is 10.2. The Labute approximate surface area is 70.3 Å². The largest absolute Gasteiger partial charge is 0.299 e. The Bertz CT molecular complexity index is 264. The molecule has 0 unspecified atom stereocenters. The third-order valence-electron chi connectivity index (χ3n) is 1.18. The van der Waals surface area contributed by atoms with Crippen molar-refractivity contribution in [3.63, 3.8) is 0 Å². The highest BCUT2D eigenvalue weighted by Gasteiger charge is 1.93. The SMILES string of the molecule is O=CC=C(Cl)c1[c]cccc1. The monoisotopic (exact) mass is 165 g/mol. The molecule has 1 nitrogen and oxygen atoms in total. The summed E-state index contributed by atoms with van der Waals surface area (Å²) in [7, 11) is 0. The Morgan fingerprint density at radius 1 is 1.55 bits per heavy atom. The quantitative estimate of drug-likeness (QED) is 0.485. The summed E-state index contributed by atoms with van der Waals surface area (Å²) in [5.74, 6) is 0. The molecule has 0 aliphatic heterocycles. The van der Waals surface area contributed by atoms with Crippen molar-refractivity contribution >= 4 is 22.9 Å². The van der Waals surface area contributed by atoms with Gasteiger partial charge in [0.15, 0.2) is 0 Å². The highest BCUT2D eigenvalue weighted by Crippen LogP contribution is 2.15. The Morgan fingerprint density at radius 2 is 2.36 bits per heavy atom. The first kappa shape index (κ1) is 8.02. The lowest BCUT2D eigenvalue weighted by molar-refractivity contribution is -0.104. The molecule has 1 aromatic carbocycles. The van der Waals surface area contributed by atoms with Gasteiger partial charge in [-0.15, -0.1) is 0 Å². The zero-order chi connectivity index (χ0) is 8.10. The molecule has 0 bridgehead atoms. The second-order valence-electron chi connectivity index (χ2n) is 1.93. The summed E-state index contributed by atoms with van der Waals surface area (Å²) in [5, 5.41) is 0.417. The summed E-state index contributed by atoms with van der Waals surface area (Å²) in [6.45, 7) is 0. The number of hydrogen-bond acceptors (Lipinski definition) is 1. The van der Waals surface area contributed by atoms with Gasteiger partial charge in [-0.25, -0.2) is 0 Å². The van der Waals surface area contributed by atoms with Crippen LogP contribution in [0.2, 0.25) is 0 Å². The van der Waals surface area contributed by atoms with Crippen LogP contribution in [0.3, 0.4) is 0 Å². The average Bonchev–Trinajstić information content (AvgIpc) is 2.07. The van der Waals surface area contributed by atoms with E-state index in [1.807, 2.05) is 12.1 Å². The number of rotatable bonds is 2. The first-order chi connectivity index (χ1) is 5.34. The van der Waals surface area contributed by atoms with Crippen LogP contribution in [-0.2, 0) is 4.79 Å². The minimum atomic E-state index is 0.417. The maximum atomic E-state index is 10.0. The molecule has 1 radical (unpaired) electrons. The molecule has 2 heteroatoms. The molecule has 1 aromatic rings. The fourth-order valence-electron chi connectivity index (χ4n) is 0.691. The molecule has 0 aromatic heterocycles. The van der Waals surface area contributed by atoms with Gasteiger partial charge in [0.1, 0.15) is 6.29 Å². The number of carbonyl (C=O) groups excluding carboxylic acids is 1. The summed E-state index contributed by atoms with van der Waals surface area (Å²) in [5.41, 5.74) is 0.737. The molecule has 0 amide bonds. The normalized spacial score (nSPS) is 11.2. The van der Waals surface area contributed by atoms with Crippen molar-refractivity contribution in [2.75, 3.05) is 0 Å². The first-order valence-electron chi connectivity index (χ1n) is 3.12. The Hall–Kier alpha value is -1.08. The number of allylic oxidation sites excluding steroid dienone is 1. The van der Waals surface area contributed by atoms with E-state index in [1.165, 1.54) is 6.08 Å². The van der Waals surface area contributed by atoms with Crippen molar-refractivity contribution in [2.45, 2.75) is 0 Å². The van der Waals surface area contributed by atoms with E-state index in [1.54, 1.807) is 12.1 Å². The van der Waals surface area contributed by atoms with Crippen molar-refractivity contribution < 1.29 is 4.79 Å². The van der Waals surface area contributed by atoms with E-state index in [-0.39, 0.29) is 0 Å². The van der Waals surface area contributed by atoms with Gasteiger partial charge in [0.05, 0.1) is 5.03 Å². The topological polar surface area (TPSA) is 17.1 Å². The van der Waals surface area contributed by atoms with Crippen molar-refractivity contribution in [2.24, 2.45) is 0 Å². The van der Waals surface area contributed by atoms with Gasteiger partial charge in [-0.1, -0.05) is 35.9 Å². The number of carbonyl (C=O) groups is 1. The molecular formula is C9H6ClO. The smallest absolute Gasteiger partial charge is 0.144 e. The van der Waals surface area contributed by atoms with Crippen molar-refractivity contribution in [3.8, 4) is 0 Å². The highest BCUT2D eigenvalue weighted by atomic mass is 35.5. The average molecular weight is 166 g/mol. The van der Waals surface area contributed by atoms with Crippen LogP contribution in [0, 0.1) is 6.07 Å². The van der Waals surface area contributed by atoms with E-state index in [0.29, 0.717) is 11.3 Å². The molecule has 0 fully saturated rings. The Kier molecular flexibility index (Phi) is 2.87. The lowest BCUT2D eigenvalue weighted by Gasteiger charge is -1.93. The molecular weight excluding hydrogens is 160 g/mol. The molecule has 55 valence electrons. The number of aldehydes is 1. The summed E-state index contributed by atoms with van der Waals surface area (Å²) >= 11 is 5.70. The van der Waals surface area contributed by atoms with Crippen molar-refractivity contribution in [1.82, 2.24) is 0 Å². The van der Waals surface area contributed by atoms with Gasteiger partial charge in [-0.05, 0) is 12.1 Å². The highest BCUT2D eigenvalue weighted by molar-refractivity contribution is 6.49. The summed E-state index contributed by atoms with van der Waals surface area (Å²) in [4.78, 5) is 10.0. The standard InChI is InChI=1S/C9H6ClO/c10-9(6-7-11)8-4-2-1-3-5-8/h1-4,6-7H. The van der Waals surface area contributed by atoms with Gasteiger partial charge >= 0.3 is 0 Å². The number of hydrogen-bond donors (Lipinski definition) is 0. The van der Waals surface area contributed by atoms with Crippen LogP contribution in [0.15, 0.2) is 30.3 Å². The molecule has 1 rings (SSSR count). The minimum Gasteiger partial charge on any atom is -0.299 e. The predicted molar refractivity (Wildman–Crippen MR) is 45.2 cm³/mol. The predicted octanol–water partition coefficient (Wildman–Crippen LogP) is 2.27. The van der Waals surface area contributed by atoms with Crippen LogP contribution in [0.4, 0.5) is 0 Å². The van der Waals surface area contributed by atoms with Crippen LogP contribution in [-0.4, -0.2) is 6.29 Å². The van der Waals surface area contributed by atoms with Gasteiger partial charge in [0.2, 0.25) is 0 Å². The molecule has 11 heavy (non-hydrogen) atoms. The van der Waals surface area contributed by atoms with E-state index >= 15 is 0 Å². The summed E-state index contributed by atoms with van der Waals surface area (Å²) in [6.07, 6.45) is 1.95. The van der Waals surface area contributed by atoms with Crippen molar-refractivity contribution in [1.29, 1.82) is 0 Å².